The van der Waals surface area contributed by atoms with Crippen molar-refractivity contribution in [2.24, 2.45) is 5.92 Å². The monoisotopic (exact) mass is 237 g/mol. The average Bonchev–Trinajstić information content (AvgIpc) is 2.70. The summed E-state index contributed by atoms with van der Waals surface area (Å²) in [5.41, 5.74) is 0. The topological polar surface area (TPSA) is 38.3 Å². The molecule has 0 saturated carbocycles. The van der Waals surface area contributed by atoms with E-state index in [0.29, 0.717) is 25.6 Å². The normalized spacial score (nSPS) is 21.1. The highest BCUT2D eigenvalue weighted by molar-refractivity contribution is 7.99. The zero-order valence-corrected chi connectivity index (χ0v) is 9.70. The molecule has 0 aromatic rings. The summed E-state index contributed by atoms with van der Waals surface area (Å²) in [7, 11) is 0. The van der Waals surface area contributed by atoms with Gasteiger partial charge in [0.25, 0.3) is 0 Å². The first-order valence-electron chi connectivity index (χ1n) is 4.83. The second-order valence-electron chi connectivity index (χ2n) is 3.15. The van der Waals surface area contributed by atoms with Crippen LogP contribution in [0.25, 0.3) is 0 Å². The number of halogens is 1. The first kappa shape index (κ1) is 12.1. The number of hydrogen-bond donors (Lipinski definition) is 1. The molecule has 0 spiro atoms. The predicted molar refractivity (Wildman–Crippen MR) is 60.0 cm³/mol. The van der Waals surface area contributed by atoms with Gasteiger partial charge in [0, 0.05) is 24.1 Å². The van der Waals surface area contributed by atoms with Gasteiger partial charge in [-0.1, -0.05) is 0 Å². The maximum atomic E-state index is 11.5. The van der Waals surface area contributed by atoms with Crippen LogP contribution < -0.4 is 5.32 Å². The molecule has 14 heavy (non-hydrogen) atoms. The summed E-state index contributed by atoms with van der Waals surface area (Å²) in [6, 6.07) is 0. The lowest BCUT2D eigenvalue weighted by atomic mass is 10.1. The second-order valence-corrected chi connectivity index (χ2v) is 4.68. The smallest absolute Gasteiger partial charge is 0.224 e. The molecule has 1 atom stereocenters. The van der Waals surface area contributed by atoms with Crippen LogP contribution in [-0.2, 0) is 9.53 Å². The van der Waals surface area contributed by atoms with Crippen molar-refractivity contribution in [3.63, 3.8) is 0 Å². The standard InChI is InChI=1S/C9H16ClNO2S/c10-2-4-13-5-3-11-9(12)8-1-6-14-7-8/h8H,1-7H2,(H,11,12). The van der Waals surface area contributed by atoms with Gasteiger partial charge in [0.1, 0.15) is 0 Å². The summed E-state index contributed by atoms with van der Waals surface area (Å²) in [4.78, 5) is 11.5. The van der Waals surface area contributed by atoms with E-state index in [1.54, 1.807) is 0 Å². The molecular weight excluding hydrogens is 222 g/mol. The number of hydrogen-bond acceptors (Lipinski definition) is 3. The van der Waals surface area contributed by atoms with Crippen LogP contribution in [-0.4, -0.2) is 43.1 Å². The fraction of sp³-hybridized carbons (Fsp3) is 0.889. The Bertz CT molecular complexity index is 174. The second kappa shape index (κ2) is 7.37. The molecule has 1 saturated heterocycles. The van der Waals surface area contributed by atoms with Crippen LogP contribution >= 0.6 is 23.4 Å². The molecule has 5 heteroatoms. The minimum absolute atomic E-state index is 0.171. The van der Waals surface area contributed by atoms with E-state index in [1.807, 2.05) is 11.8 Å². The highest BCUT2D eigenvalue weighted by atomic mass is 35.5. The molecule has 0 radical (unpaired) electrons. The Morgan fingerprint density at radius 2 is 2.43 bits per heavy atom. The zero-order valence-electron chi connectivity index (χ0n) is 8.13. The van der Waals surface area contributed by atoms with Crippen LogP contribution in [0.5, 0.6) is 0 Å². The van der Waals surface area contributed by atoms with E-state index in [1.165, 1.54) is 0 Å². The molecule has 1 unspecified atom stereocenters. The minimum atomic E-state index is 0.171. The summed E-state index contributed by atoms with van der Waals surface area (Å²) >= 11 is 7.28. The number of thioether (sulfide) groups is 1. The highest BCUT2D eigenvalue weighted by Crippen LogP contribution is 2.23. The van der Waals surface area contributed by atoms with Gasteiger partial charge in [-0.05, 0) is 12.2 Å². The molecule has 3 nitrogen and oxygen atoms in total. The molecule has 1 aliphatic heterocycles. The Kier molecular flexibility index (Phi) is 6.39. The van der Waals surface area contributed by atoms with Gasteiger partial charge in [0.05, 0.1) is 13.2 Å². The Morgan fingerprint density at radius 1 is 1.57 bits per heavy atom. The molecule has 1 aliphatic rings. The van der Waals surface area contributed by atoms with Gasteiger partial charge in [0.15, 0.2) is 0 Å². The number of carbonyl (C=O) groups is 1. The first-order valence-corrected chi connectivity index (χ1v) is 6.52. The van der Waals surface area contributed by atoms with Crippen molar-refractivity contribution in [1.82, 2.24) is 5.32 Å². The molecule has 0 aromatic carbocycles. The molecule has 1 heterocycles. The van der Waals surface area contributed by atoms with Crippen LogP contribution in [0.1, 0.15) is 6.42 Å². The predicted octanol–water partition coefficient (Wildman–Crippen LogP) is 1.11. The number of ether oxygens (including phenoxy) is 1. The molecule has 82 valence electrons. The van der Waals surface area contributed by atoms with Gasteiger partial charge < -0.3 is 10.1 Å². The van der Waals surface area contributed by atoms with Crippen molar-refractivity contribution in [1.29, 1.82) is 0 Å². The lowest BCUT2D eigenvalue weighted by Crippen LogP contribution is -2.33. The summed E-state index contributed by atoms with van der Waals surface area (Å²) in [5, 5.41) is 2.86. The Hall–Kier alpha value is 0.0700. The van der Waals surface area contributed by atoms with Gasteiger partial charge in [-0.15, -0.1) is 11.6 Å². The van der Waals surface area contributed by atoms with E-state index < -0.39 is 0 Å². The van der Waals surface area contributed by atoms with Crippen molar-refractivity contribution in [2.75, 3.05) is 37.1 Å². The number of rotatable bonds is 6. The minimum Gasteiger partial charge on any atom is -0.378 e. The number of carbonyl (C=O) groups excluding carboxylic acids is 1. The van der Waals surface area contributed by atoms with E-state index in [9.17, 15) is 4.79 Å². The molecule has 1 rings (SSSR count). The summed E-state index contributed by atoms with van der Waals surface area (Å²) in [6.07, 6.45) is 1.01. The highest BCUT2D eigenvalue weighted by Gasteiger charge is 2.22. The Labute approximate surface area is 93.9 Å². The first-order chi connectivity index (χ1) is 6.84. The molecule has 0 bridgehead atoms. The van der Waals surface area contributed by atoms with Crippen molar-refractivity contribution < 1.29 is 9.53 Å². The third kappa shape index (κ3) is 4.53. The molecule has 0 aromatic heterocycles. The maximum absolute atomic E-state index is 11.5. The van der Waals surface area contributed by atoms with E-state index >= 15 is 0 Å². The lowest BCUT2D eigenvalue weighted by molar-refractivity contribution is -0.124. The van der Waals surface area contributed by atoms with Gasteiger partial charge in [-0.3, -0.25) is 4.79 Å². The SMILES string of the molecule is O=C(NCCOCCCl)C1CCSC1. The van der Waals surface area contributed by atoms with Crippen molar-refractivity contribution in [3.8, 4) is 0 Å². The fourth-order valence-electron chi connectivity index (χ4n) is 1.29. The third-order valence-corrected chi connectivity index (χ3v) is 3.38. The molecule has 1 amide bonds. The van der Waals surface area contributed by atoms with E-state index in [4.69, 9.17) is 16.3 Å². The van der Waals surface area contributed by atoms with Crippen molar-refractivity contribution in [2.45, 2.75) is 6.42 Å². The maximum Gasteiger partial charge on any atom is 0.224 e. The quantitative estimate of drug-likeness (QED) is 0.556. The van der Waals surface area contributed by atoms with Gasteiger partial charge in [-0.2, -0.15) is 11.8 Å². The van der Waals surface area contributed by atoms with Gasteiger partial charge >= 0.3 is 0 Å². The summed E-state index contributed by atoms with van der Waals surface area (Å²) in [6.45, 7) is 1.70. The third-order valence-electron chi connectivity index (χ3n) is 2.07. The molecular formula is C9H16ClNO2S. The number of amides is 1. The molecule has 1 N–H and O–H groups in total. The Balaban J connectivity index is 1.97. The van der Waals surface area contributed by atoms with E-state index in [2.05, 4.69) is 5.32 Å². The summed E-state index contributed by atoms with van der Waals surface area (Å²) in [5.74, 6) is 2.97. The zero-order chi connectivity index (χ0) is 10.2. The van der Waals surface area contributed by atoms with Crippen molar-refractivity contribution >= 4 is 29.3 Å². The molecule has 1 fully saturated rings. The summed E-state index contributed by atoms with van der Waals surface area (Å²) < 4.78 is 5.14. The van der Waals surface area contributed by atoms with Crippen LogP contribution in [0.3, 0.4) is 0 Å². The van der Waals surface area contributed by atoms with E-state index in [-0.39, 0.29) is 11.8 Å². The van der Waals surface area contributed by atoms with Crippen LogP contribution in [0.15, 0.2) is 0 Å². The van der Waals surface area contributed by atoms with E-state index in [0.717, 1.165) is 17.9 Å². The Morgan fingerprint density at radius 3 is 3.07 bits per heavy atom. The molecule has 0 aliphatic carbocycles. The van der Waals surface area contributed by atoms with Crippen LogP contribution in [0, 0.1) is 5.92 Å². The van der Waals surface area contributed by atoms with Gasteiger partial charge in [0.2, 0.25) is 5.91 Å². The van der Waals surface area contributed by atoms with Crippen molar-refractivity contribution in [3.05, 3.63) is 0 Å². The van der Waals surface area contributed by atoms with Gasteiger partial charge in [-0.25, -0.2) is 0 Å². The number of nitrogens with one attached hydrogen (secondary N) is 1. The average molecular weight is 238 g/mol. The largest absolute Gasteiger partial charge is 0.378 e. The lowest BCUT2D eigenvalue weighted by Gasteiger charge is -2.09. The number of alkyl halides is 1. The van der Waals surface area contributed by atoms with Crippen LogP contribution in [0.2, 0.25) is 0 Å². The van der Waals surface area contributed by atoms with Crippen LogP contribution in [0.4, 0.5) is 0 Å². The fourth-order valence-corrected chi connectivity index (χ4v) is 2.62.